The van der Waals surface area contributed by atoms with E-state index in [1.165, 1.54) is 12.0 Å². The van der Waals surface area contributed by atoms with E-state index >= 15 is 0 Å². The summed E-state index contributed by atoms with van der Waals surface area (Å²) < 4.78 is 0. The van der Waals surface area contributed by atoms with Gasteiger partial charge in [-0.15, -0.1) is 0 Å². The van der Waals surface area contributed by atoms with Gasteiger partial charge in [0.2, 0.25) is 0 Å². The lowest BCUT2D eigenvalue weighted by molar-refractivity contribution is 0.136. The molecule has 0 aliphatic carbocycles. The average molecular weight is 249 g/mol. The van der Waals surface area contributed by atoms with Gasteiger partial charge in [0.05, 0.1) is 6.10 Å². The summed E-state index contributed by atoms with van der Waals surface area (Å²) in [6, 6.07) is 8.40. The van der Waals surface area contributed by atoms with Crippen molar-refractivity contribution in [1.29, 1.82) is 0 Å². The van der Waals surface area contributed by atoms with Crippen molar-refractivity contribution >= 4 is 0 Å². The third-order valence-electron chi connectivity index (χ3n) is 3.41. The van der Waals surface area contributed by atoms with Crippen LogP contribution in [0.2, 0.25) is 0 Å². The molecule has 0 fully saturated rings. The molecule has 0 aliphatic heterocycles. The molecule has 0 saturated carbocycles. The molecule has 0 spiro atoms. The third-order valence-corrected chi connectivity index (χ3v) is 3.41. The van der Waals surface area contributed by atoms with Crippen LogP contribution in [-0.4, -0.2) is 17.7 Å². The number of aliphatic hydroxyl groups is 1. The van der Waals surface area contributed by atoms with Gasteiger partial charge in [0.25, 0.3) is 0 Å². The topological polar surface area (TPSA) is 32.3 Å². The lowest BCUT2D eigenvalue weighted by atomic mass is 9.98. The highest BCUT2D eigenvalue weighted by Gasteiger charge is 2.15. The predicted octanol–water partition coefficient (Wildman–Crippen LogP) is 3.62. The maximum absolute atomic E-state index is 10.3. The van der Waals surface area contributed by atoms with Crippen LogP contribution in [0.5, 0.6) is 0 Å². The molecule has 0 aromatic heterocycles. The number of unbranched alkanes of at least 4 members (excludes halogenated alkanes) is 1. The Hall–Kier alpha value is -0.860. The largest absolute Gasteiger partial charge is 0.387 e. The number of hydrogen-bond donors (Lipinski definition) is 2. The number of aliphatic hydroxyl groups excluding tert-OH is 1. The van der Waals surface area contributed by atoms with Crippen molar-refractivity contribution < 1.29 is 5.11 Å². The van der Waals surface area contributed by atoms with Gasteiger partial charge in [-0.3, -0.25) is 0 Å². The zero-order chi connectivity index (χ0) is 13.5. The van der Waals surface area contributed by atoms with Crippen LogP contribution in [0.1, 0.15) is 63.7 Å². The fourth-order valence-electron chi connectivity index (χ4n) is 1.98. The van der Waals surface area contributed by atoms with Gasteiger partial charge >= 0.3 is 0 Å². The quantitative estimate of drug-likeness (QED) is 0.723. The Morgan fingerprint density at radius 2 is 1.61 bits per heavy atom. The van der Waals surface area contributed by atoms with Gasteiger partial charge in [-0.2, -0.15) is 0 Å². The van der Waals surface area contributed by atoms with E-state index in [9.17, 15) is 5.11 Å². The molecule has 2 heteroatoms. The molecule has 0 amide bonds. The fraction of sp³-hybridized carbons (Fsp3) is 0.625. The standard InChI is InChI=1S/C16H27NO/c1-5-6-11-17-13(4)16(18)15-9-7-14(8-10-15)12(2)3/h7-10,12-13,16-18H,5-6,11H2,1-4H3. The summed E-state index contributed by atoms with van der Waals surface area (Å²) in [5.74, 6) is 0.538. The van der Waals surface area contributed by atoms with Crippen molar-refractivity contribution in [3.05, 3.63) is 35.4 Å². The van der Waals surface area contributed by atoms with E-state index in [0.717, 1.165) is 18.5 Å². The van der Waals surface area contributed by atoms with E-state index in [2.05, 4.69) is 38.2 Å². The van der Waals surface area contributed by atoms with Gasteiger partial charge in [-0.1, -0.05) is 51.5 Å². The SMILES string of the molecule is CCCCNC(C)C(O)c1ccc(C(C)C)cc1. The Morgan fingerprint density at radius 3 is 2.11 bits per heavy atom. The van der Waals surface area contributed by atoms with Crippen molar-refractivity contribution in [1.82, 2.24) is 5.32 Å². The molecule has 2 atom stereocenters. The third kappa shape index (κ3) is 4.43. The predicted molar refractivity (Wildman–Crippen MR) is 77.9 cm³/mol. The molecule has 0 heterocycles. The first-order chi connectivity index (χ1) is 8.56. The Kier molecular flexibility index (Phi) is 6.37. The lowest BCUT2D eigenvalue weighted by Gasteiger charge is -2.21. The first-order valence-corrected chi connectivity index (χ1v) is 7.07. The molecule has 2 unspecified atom stereocenters. The van der Waals surface area contributed by atoms with Crippen molar-refractivity contribution in [3.63, 3.8) is 0 Å². The molecule has 102 valence electrons. The molecular weight excluding hydrogens is 222 g/mol. The number of benzene rings is 1. The highest BCUT2D eigenvalue weighted by molar-refractivity contribution is 5.26. The molecule has 1 aromatic rings. The van der Waals surface area contributed by atoms with Crippen LogP contribution in [-0.2, 0) is 0 Å². The zero-order valence-electron chi connectivity index (χ0n) is 12.1. The molecule has 18 heavy (non-hydrogen) atoms. The van der Waals surface area contributed by atoms with Crippen LogP contribution in [0.25, 0.3) is 0 Å². The van der Waals surface area contributed by atoms with Gasteiger partial charge in [0, 0.05) is 6.04 Å². The summed E-state index contributed by atoms with van der Waals surface area (Å²) in [6.45, 7) is 9.55. The van der Waals surface area contributed by atoms with E-state index in [4.69, 9.17) is 0 Å². The second-order valence-electron chi connectivity index (χ2n) is 5.36. The second-order valence-corrected chi connectivity index (χ2v) is 5.36. The monoisotopic (exact) mass is 249 g/mol. The van der Waals surface area contributed by atoms with Gasteiger partial charge in [0.15, 0.2) is 0 Å². The smallest absolute Gasteiger partial charge is 0.0940 e. The van der Waals surface area contributed by atoms with Gasteiger partial charge < -0.3 is 10.4 Å². The van der Waals surface area contributed by atoms with Crippen molar-refractivity contribution in [3.8, 4) is 0 Å². The van der Waals surface area contributed by atoms with Crippen LogP contribution < -0.4 is 5.32 Å². The minimum atomic E-state index is -0.428. The van der Waals surface area contributed by atoms with Crippen LogP contribution in [0.4, 0.5) is 0 Å². The Bertz CT molecular complexity index is 331. The normalized spacial score (nSPS) is 14.8. The van der Waals surface area contributed by atoms with Gasteiger partial charge in [-0.05, 0) is 36.9 Å². The molecule has 2 N–H and O–H groups in total. The van der Waals surface area contributed by atoms with E-state index < -0.39 is 6.10 Å². The molecule has 2 nitrogen and oxygen atoms in total. The van der Waals surface area contributed by atoms with Gasteiger partial charge in [0.1, 0.15) is 0 Å². The second kappa shape index (κ2) is 7.55. The fourth-order valence-corrected chi connectivity index (χ4v) is 1.98. The first kappa shape index (κ1) is 15.2. The Morgan fingerprint density at radius 1 is 1.06 bits per heavy atom. The highest BCUT2D eigenvalue weighted by Crippen LogP contribution is 2.20. The van der Waals surface area contributed by atoms with Crippen LogP contribution in [0.15, 0.2) is 24.3 Å². The summed E-state index contributed by atoms with van der Waals surface area (Å²) in [5, 5.41) is 13.6. The lowest BCUT2D eigenvalue weighted by Crippen LogP contribution is -2.32. The Balaban J connectivity index is 2.57. The van der Waals surface area contributed by atoms with E-state index in [-0.39, 0.29) is 6.04 Å². The van der Waals surface area contributed by atoms with Crippen molar-refractivity contribution in [2.75, 3.05) is 6.54 Å². The molecule has 0 aliphatic rings. The summed E-state index contributed by atoms with van der Waals surface area (Å²) in [7, 11) is 0. The molecular formula is C16H27NO. The van der Waals surface area contributed by atoms with E-state index in [1.807, 2.05) is 19.1 Å². The van der Waals surface area contributed by atoms with Gasteiger partial charge in [-0.25, -0.2) is 0 Å². The minimum absolute atomic E-state index is 0.0986. The van der Waals surface area contributed by atoms with E-state index in [1.54, 1.807) is 0 Å². The molecule has 0 bridgehead atoms. The Labute approximate surface area is 111 Å². The van der Waals surface area contributed by atoms with E-state index in [0.29, 0.717) is 5.92 Å². The number of nitrogens with one attached hydrogen (secondary N) is 1. The maximum Gasteiger partial charge on any atom is 0.0940 e. The number of hydrogen-bond acceptors (Lipinski definition) is 2. The zero-order valence-corrected chi connectivity index (χ0v) is 12.1. The molecule has 0 saturated heterocycles. The average Bonchev–Trinajstić information content (AvgIpc) is 2.38. The summed E-state index contributed by atoms with van der Waals surface area (Å²) >= 11 is 0. The van der Waals surface area contributed by atoms with Crippen molar-refractivity contribution in [2.45, 2.75) is 58.6 Å². The van der Waals surface area contributed by atoms with Crippen LogP contribution in [0.3, 0.4) is 0 Å². The summed E-state index contributed by atoms with van der Waals surface area (Å²) in [6.07, 6.45) is 1.91. The minimum Gasteiger partial charge on any atom is -0.387 e. The maximum atomic E-state index is 10.3. The summed E-state index contributed by atoms with van der Waals surface area (Å²) in [4.78, 5) is 0. The first-order valence-electron chi connectivity index (χ1n) is 7.07. The number of rotatable bonds is 7. The highest BCUT2D eigenvalue weighted by atomic mass is 16.3. The molecule has 1 rings (SSSR count). The van der Waals surface area contributed by atoms with Crippen LogP contribution >= 0.6 is 0 Å². The molecule has 0 radical (unpaired) electrons. The molecule has 1 aromatic carbocycles. The van der Waals surface area contributed by atoms with Crippen molar-refractivity contribution in [2.24, 2.45) is 0 Å². The van der Waals surface area contributed by atoms with Crippen LogP contribution in [0, 0.1) is 0 Å². The summed E-state index contributed by atoms with van der Waals surface area (Å²) in [5.41, 5.74) is 2.31.